The van der Waals surface area contributed by atoms with Crippen molar-refractivity contribution in [3.63, 3.8) is 0 Å². The van der Waals surface area contributed by atoms with Gasteiger partial charge in [-0.05, 0) is 19.1 Å². The Morgan fingerprint density at radius 1 is 1.50 bits per heavy atom. The summed E-state index contributed by atoms with van der Waals surface area (Å²) >= 11 is 0. The first-order chi connectivity index (χ1) is 9.69. The van der Waals surface area contributed by atoms with E-state index in [-0.39, 0.29) is 18.2 Å². The third-order valence-electron chi connectivity index (χ3n) is 2.73. The third kappa shape index (κ3) is 2.52. The zero-order valence-electron chi connectivity index (χ0n) is 10.8. The average Bonchev–Trinajstić information content (AvgIpc) is 2.48. The van der Waals surface area contributed by atoms with Crippen LogP contribution in [0, 0.1) is 22.7 Å². The molecular formula is C13H11N5O2. The van der Waals surface area contributed by atoms with Gasteiger partial charge in [-0.2, -0.15) is 15.6 Å². The van der Waals surface area contributed by atoms with Crippen LogP contribution in [-0.4, -0.2) is 24.8 Å². The molecule has 100 valence electrons. The fourth-order valence-corrected chi connectivity index (χ4v) is 1.82. The molecule has 0 saturated carbocycles. The average molecular weight is 269 g/mol. The van der Waals surface area contributed by atoms with Crippen LogP contribution in [-0.2, 0) is 4.79 Å². The molecule has 1 aromatic carbocycles. The molecule has 0 aliphatic carbocycles. The van der Waals surface area contributed by atoms with Gasteiger partial charge in [0.1, 0.15) is 17.9 Å². The molecule has 0 atom stereocenters. The SMILES string of the molecule is CCN1C(=O)COc2cc(NN=C(C#N)C#N)ccc21. The van der Waals surface area contributed by atoms with Crippen molar-refractivity contribution in [1.82, 2.24) is 0 Å². The van der Waals surface area contributed by atoms with Gasteiger partial charge in [0, 0.05) is 12.6 Å². The Morgan fingerprint density at radius 2 is 2.25 bits per heavy atom. The lowest BCUT2D eigenvalue weighted by molar-refractivity contribution is -0.121. The van der Waals surface area contributed by atoms with Crippen LogP contribution in [0.1, 0.15) is 6.92 Å². The Labute approximate surface area is 115 Å². The number of nitriles is 2. The van der Waals surface area contributed by atoms with Gasteiger partial charge in [-0.25, -0.2) is 0 Å². The number of carbonyl (C=O) groups excluding carboxylic acids is 1. The second-order valence-electron chi connectivity index (χ2n) is 3.90. The number of hydrogen-bond acceptors (Lipinski definition) is 6. The van der Waals surface area contributed by atoms with Crippen LogP contribution in [0.3, 0.4) is 0 Å². The summed E-state index contributed by atoms with van der Waals surface area (Å²) in [7, 11) is 0. The van der Waals surface area contributed by atoms with Crippen molar-refractivity contribution in [1.29, 1.82) is 10.5 Å². The number of fused-ring (bicyclic) bond motifs is 1. The maximum atomic E-state index is 11.7. The molecule has 20 heavy (non-hydrogen) atoms. The summed E-state index contributed by atoms with van der Waals surface area (Å²) in [6, 6.07) is 8.39. The molecule has 1 heterocycles. The number of benzene rings is 1. The monoisotopic (exact) mass is 269 g/mol. The first kappa shape index (κ1) is 13.4. The predicted molar refractivity (Wildman–Crippen MR) is 72.2 cm³/mol. The summed E-state index contributed by atoms with van der Waals surface area (Å²) < 4.78 is 5.36. The fourth-order valence-electron chi connectivity index (χ4n) is 1.82. The van der Waals surface area contributed by atoms with Crippen molar-refractivity contribution in [2.24, 2.45) is 5.10 Å². The summed E-state index contributed by atoms with van der Waals surface area (Å²) in [5.74, 6) is 0.470. The quantitative estimate of drug-likeness (QED) is 0.657. The van der Waals surface area contributed by atoms with E-state index in [1.165, 1.54) is 0 Å². The molecule has 1 aliphatic heterocycles. The van der Waals surface area contributed by atoms with Crippen molar-refractivity contribution in [2.45, 2.75) is 6.92 Å². The number of amides is 1. The number of carbonyl (C=O) groups is 1. The van der Waals surface area contributed by atoms with Gasteiger partial charge in [-0.15, -0.1) is 0 Å². The topological polar surface area (TPSA) is 102 Å². The van der Waals surface area contributed by atoms with Gasteiger partial charge in [-0.3, -0.25) is 10.2 Å². The number of rotatable bonds is 3. The lowest BCUT2D eigenvalue weighted by Crippen LogP contribution is -2.38. The molecule has 0 fully saturated rings. The fraction of sp³-hybridized carbons (Fsp3) is 0.231. The molecule has 1 aromatic rings. The zero-order chi connectivity index (χ0) is 14.5. The van der Waals surface area contributed by atoms with E-state index >= 15 is 0 Å². The smallest absolute Gasteiger partial charge is 0.265 e. The normalized spacial score (nSPS) is 12.6. The molecule has 0 bridgehead atoms. The Kier molecular flexibility index (Phi) is 3.82. The molecule has 0 radical (unpaired) electrons. The summed E-state index contributed by atoms with van der Waals surface area (Å²) in [5.41, 5.74) is 3.59. The number of nitrogens with one attached hydrogen (secondary N) is 1. The van der Waals surface area contributed by atoms with Gasteiger partial charge in [0.25, 0.3) is 5.91 Å². The largest absolute Gasteiger partial charge is 0.481 e. The van der Waals surface area contributed by atoms with Gasteiger partial charge in [-0.1, -0.05) is 0 Å². The molecule has 1 amide bonds. The van der Waals surface area contributed by atoms with Crippen molar-refractivity contribution in [3.05, 3.63) is 18.2 Å². The van der Waals surface area contributed by atoms with Gasteiger partial charge < -0.3 is 9.64 Å². The van der Waals surface area contributed by atoms with Crippen LogP contribution in [0.25, 0.3) is 0 Å². The van der Waals surface area contributed by atoms with Crippen molar-refractivity contribution in [3.8, 4) is 17.9 Å². The molecule has 0 aromatic heterocycles. The Bertz CT molecular complexity index is 638. The van der Waals surface area contributed by atoms with E-state index in [4.69, 9.17) is 15.3 Å². The zero-order valence-corrected chi connectivity index (χ0v) is 10.8. The molecule has 0 unspecified atom stereocenters. The first-order valence-corrected chi connectivity index (χ1v) is 5.90. The second-order valence-corrected chi connectivity index (χ2v) is 3.90. The van der Waals surface area contributed by atoms with Crippen LogP contribution >= 0.6 is 0 Å². The molecule has 7 heteroatoms. The highest BCUT2D eigenvalue weighted by Crippen LogP contribution is 2.34. The lowest BCUT2D eigenvalue weighted by Gasteiger charge is -2.28. The molecule has 7 nitrogen and oxygen atoms in total. The summed E-state index contributed by atoms with van der Waals surface area (Å²) in [6.45, 7) is 2.44. The Balaban J connectivity index is 2.26. The van der Waals surface area contributed by atoms with Crippen molar-refractivity contribution in [2.75, 3.05) is 23.5 Å². The van der Waals surface area contributed by atoms with Crippen LogP contribution in [0.15, 0.2) is 23.3 Å². The van der Waals surface area contributed by atoms with E-state index < -0.39 is 0 Å². The van der Waals surface area contributed by atoms with Gasteiger partial charge in [0.15, 0.2) is 6.61 Å². The number of hydrogen-bond donors (Lipinski definition) is 1. The number of likely N-dealkylation sites (N-methyl/N-ethyl adjacent to an activating group) is 1. The second kappa shape index (κ2) is 5.72. The molecule has 0 spiro atoms. The van der Waals surface area contributed by atoms with Crippen LogP contribution < -0.4 is 15.1 Å². The number of hydrazone groups is 1. The van der Waals surface area contributed by atoms with Crippen LogP contribution in [0.5, 0.6) is 5.75 Å². The highest BCUT2D eigenvalue weighted by molar-refractivity contribution is 6.10. The summed E-state index contributed by atoms with van der Waals surface area (Å²) in [6.07, 6.45) is 0. The van der Waals surface area contributed by atoms with Crippen LogP contribution in [0.4, 0.5) is 11.4 Å². The number of nitrogens with zero attached hydrogens (tertiary/aromatic N) is 4. The van der Waals surface area contributed by atoms with Crippen molar-refractivity contribution < 1.29 is 9.53 Å². The third-order valence-corrected chi connectivity index (χ3v) is 2.73. The molecular weight excluding hydrogens is 258 g/mol. The summed E-state index contributed by atoms with van der Waals surface area (Å²) in [5, 5.41) is 20.8. The Hall–Kier alpha value is -3.06. The predicted octanol–water partition coefficient (Wildman–Crippen LogP) is 1.25. The minimum absolute atomic E-state index is 0.00476. The standard InChI is InChI=1S/C13H11N5O2/c1-2-18-11-4-3-9(16-17-10(6-14)7-15)5-12(11)20-8-13(18)19/h3-5,16H,2,8H2,1H3. The maximum Gasteiger partial charge on any atom is 0.265 e. The number of anilines is 2. The Morgan fingerprint density at radius 3 is 2.90 bits per heavy atom. The summed E-state index contributed by atoms with van der Waals surface area (Å²) in [4.78, 5) is 13.3. The van der Waals surface area contributed by atoms with E-state index in [0.717, 1.165) is 0 Å². The minimum atomic E-state index is -0.269. The van der Waals surface area contributed by atoms with E-state index in [2.05, 4.69) is 10.5 Å². The van der Waals surface area contributed by atoms with E-state index in [0.29, 0.717) is 23.7 Å². The van der Waals surface area contributed by atoms with E-state index in [1.807, 2.05) is 6.92 Å². The first-order valence-electron chi connectivity index (χ1n) is 5.90. The maximum absolute atomic E-state index is 11.7. The lowest BCUT2D eigenvalue weighted by atomic mass is 10.2. The molecule has 0 saturated heterocycles. The van der Waals surface area contributed by atoms with Crippen LogP contribution in [0.2, 0.25) is 0 Å². The van der Waals surface area contributed by atoms with Crippen molar-refractivity contribution >= 4 is 23.0 Å². The van der Waals surface area contributed by atoms with E-state index in [9.17, 15) is 4.79 Å². The minimum Gasteiger partial charge on any atom is -0.481 e. The van der Waals surface area contributed by atoms with Gasteiger partial charge >= 0.3 is 0 Å². The van der Waals surface area contributed by atoms with Gasteiger partial charge in [0.05, 0.1) is 11.4 Å². The molecule has 1 aliphatic rings. The van der Waals surface area contributed by atoms with Gasteiger partial charge in [0.2, 0.25) is 5.71 Å². The molecule has 2 rings (SSSR count). The highest BCUT2D eigenvalue weighted by Gasteiger charge is 2.24. The molecule has 1 N–H and O–H groups in total. The van der Waals surface area contributed by atoms with E-state index in [1.54, 1.807) is 35.2 Å². The number of ether oxygens (including phenoxy) is 1. The highest BCUT2D eigenvalue weighted by atomic mass is 16.5.